The Hall–Kier alpha value is -1.77. The summed E-state index contributed by atoms with van der Waals surface area (Å²) in [5.74, 6) is -0.562. The van der Waals surface area contributed by atoms with Crippen molar-refractivity contribution in [1.29, 1.82) is 0 Å². The normalized spacial score (nSPS) is 21.6. The first-order chi connectivity index (χ1) is 13.5. The minimum Gasteiger partial charge on any atom is -0.396 e. The molecule has 1 N–H and O–H groups in total. The molecule has 0 aromatic heterocycles. The summed E-state index contributed by atoms with van der Waals surface area (Å²) in [6.07, 6.45) is 5.42. The lowest BCUT2D eigenvalue weighted by Crippen LogP contribution is -2.45. The van der Waals surface area contributed by atoms with Gasteiger partial charge in [0.1, 0.15) is 10.1 Å². The van der Waals surface area contributed by atoms with E-state index in [0.29, 0.717) is 22.2 Å². The van der Waals surface area contributed by atoms with Crippen LogP contribution in [0.25, 0.3) is 6.08 Å². The number of rotatable bonds is 6. The molecule has 2 aliphatic heterocycles. The van der Waals surface area contributed by atoms with Gasteiger partial charge >= 0.3 is 0 Å². The Balaban J connectivity index is 1.61. The van der Waals surface area contributed by atoms with Crippen molar-refractivity contribution < 1.29 is 19.1 Å². The molecule has 5 nitrogen and oxygen atoms in total. The van der Waals surface area contributed by atoms with Crippen LogP contribution in [0.15, 0.2) is 29.2 Å². The standard InChI is InChI=1S/C20H23FN2O3S2/c21-15-6-4-14(5-7-15)13-17-19(26)23(20(27)28-17)11-8-18(25)22-10-2-1-3-16(22)9-12-24/h4-7,13,16,24H,1-3,8-12H2/b17-13+/t16-/m1/s1. The van der Waals surface area contributed by atoms with Crippen LogP contribution in [-0.4, -0.2) is 56.8 Å². The minimum absolute atomic E-state index is 0.00489. The predicted octanol–water partition coefficient (Wildman–Crippen LogP) is 3.18. The fourth-order valence-electron chi connectivity index (χ4n) is 3.53. The third-order valence-corrected chi connectivity index (χ3v) is 6.38. The number of benzene rings is 1. The van der Waals surface area contributed by atoms with Gasteiger partial charge < -0.3 is 10.0 Å². The lowest BCUT2D eigenvalue weighted by atomic mass is 9.99. The van der Waals surface area contributed by atoms with Gasteiger partial charge in [0, 0.05) is 32.2 Å². The maximum atomic E-state index is 13.0. The van der Waals surface area contributed by atoms with E-state index in [1.165, 1.54) is 28.8 Å². The molecule has 0 spiro atoms. The molecule has 0 unspecified atom stereocenters. The summed E-state index contributed by atoms with van der Waals surface area (Å²) in [5.41, 5.74) is 0.720. The van der Waals surface area contributed by atoms with Gasteiger partial charge in [-0.2, -0.15) is 0 Å². The zero-order valence-electron chi connectivity index (χ0n) is 15.5. The predicted molar refractivity (Wildman–Crippen MR) is 112 cm³/mol. The molecule has 0 aliphatic carbocycles. The number of hydrogen-bond donors (Lipinski definition) is 1. The molecule has 28 heavy (non-hydrogen) atoms. The molecular weight excluding hydrogens is 399 g/mol. The van der Waals surface area contributed by atoms with Crippen molar-refractivity contribution in [3.63, 3.8) is 0 Å². The van der Waals surface area contributed by atoms with Crippen LogP contribution < -0.4 is 0 Å². The minimum atomic E-state index is -0.333. The van der Waals surface area contributed by atoms with Crippen LogP contribution in [-0.2, 0) is 9.59 Å². The Morgan fingerprint density at radius 2 is 2.07 bits per heavy atom. The van der Waals surface area contributed by atoms with Crippen molar-refractivity contribution in [2.75, 3.05) is 19.7 Å². The van der Waals surface area contributed by atoms with Gasteiger partial charge in [-0.05, 0) is 49.5 Å². The second kappa shape index (κ2) is 9.62. The van der Waals surface area contributed by atoms with Crippen molar-refractivity contribution >= 4 is 46.2 Å². The summed E-state index contributed by atoms with van der Waals surface area (Å²) in [4.78, 5) is 29.1. The molecule has 2 heterocycles. The summed E-state index contributed by atoms with van der Waals surface area (Å²) < 4.78 is 13.5. The van der Waals surface area contributed by atoms with Crippen LogP contribution in [0.3, 0.4) is 0 Å². The molecule has 2 fully saturated rings. The number of aliphatic hydroxyl groups is 1. The maximum Gasteiger partial charge on any atom is 0.266 e. The topological polar surface area (TPSA) is 60.9 Å². The zero-order valence-corrected chi connectivity index (χ0v) is 17.1. The van der Waals surface area contributed by atoms with Gasteiger partial charge in [0.2, 0.25) is 5.91 Å². The van der Waals surface area contributed by atoms with Crippen molar-refractivity contribution in [2.24, 2.45) is 0 Å². The third kappa shape index (κ3) is 4.98. The fourth-order valence-corrected chi connectivity index (χ4v) is 4.84. The van der Waals surface area contributed by atoms with E-state index in [4.69, 9.17) is 12.2 Å². The van der Waals surface area contributed by atoms with E-state index in [-0.39, 0.29) is 43.2 Å². The van der Waals surface area contributed by atoms with E-state index in [1.807, 2.05) is 4.90 Å². The second-order valence-corrected chi connectivity index (χ2v) is 8.56. The van der Waals surface area contributed by atoms with E-state index in [1.54, 1.807) is 18.2 Å². The van der Waals surface area contributed by atoms with Crippen molar-refractivity contribution in [3.05, 3.63) is 40.6 Å². The summed E-state index contributed by atoms with van der Waals surface area (Å²) in [7, 11) is 0. The molecule has 8 heteroatoms. The van der Waals surface area contributed by atoms with E-state index in [9.17, 15) is 19.1 Å². The highest BCUT2D eigenvalue weighted by atomic mass is 32.2. The zero-order chi connectivity index (χ0) is 20.1. The molecular formula is C20H23FN2O3S2. The molecule has 0 saturated carbocycles. The van der Waals surface area contributed by atoms with Gasteiger partial charge in [-0.3, -0.25) is 14.5 Å². The van der Waals surface area contributed by atoms with E-state index in [2.05, 4.69) is 0 Å². The molecule has 2 aliphatic rings. The van der Waals surface area contributed by atoms with Gasteiger partial charge in [-0.25, -0.2) is 4.39 Å². The van der Waals surface area contributed by atoms with E-state index >= 15 is 0 Å². The average molecular weight is 423 g/mol. The maximum absolute atomic E-state index is 13.0. The highest BCUT2D eigenvalue weighted by Crippen LogP contribution is 2.33. The largest absolute Gasteiger partial charge is 0.396 e. The van der Waals surface area contributed by atoms with Crippen LogP contribution >= 0.6 is 24.0 Å². The number of likely N-dealkylation sites (tertiary alicyclic amines) is 1. The van der Waals surface area contributed by atoms with Gasteiger partial charge in [0.05, 0.1) is 4.91 Å². The van der Waals surface area contributed by atoms with Crippen LogP contribution in [0, 0.1) is 5.82 Å². The molecule has 1 aromatic rings. The lowest BCUT2D eigenvalue weighted by molar-refractivity contribution is -0.135. The highest BCUT2D eigenvalue weighted by Gasteiger charge is 2.33. The summed E-state index contributed by atoms with van der Waals surface area (Å²) in [5, 5.41) is 9.22. The Kier molecular flexibility index (Phi) is 7.20. The SMILES string of the molecule is O=C1/C(=C\c2ccc(F)cc2)SC(=S)N1CCC(=O)N1CCCC[C@@H]1CCO. The number of hydrogen-bond acceptors (Lipinski definition) is 5. The van der Waals surface area contributed by atoms with Gasteiger partial charge in [-0.15, -0.1) is 0 Å². The molecule has 0 radical (unpaired) electrons. The molecule has 1 atom stereocenters. The number of nitrogens with zero attached hydrogens (tertiary/aromatic N) is 2. The number of thioether (sulfide) groups is 1. The second-order valence-electron chi connectivity index (χ2n) is 6.88. The summed E-state index contributed by atoms with van der Waals surface area (Å²) in [6, 6.07) is 5.96. The monoisotopic (exact) mass is 422 g/mol. The Bertz CT molecular complexity index is 780. The first kappa shape index (κ1) is 21.0. The number of carbonyl (C=O) groups excluding carboxylic acids is 2. The van der Waals surface area contributed by atoms with Crippen molar-refractivity contribution in [1.82, 2.24) is 9.80 Å². The molecule has 3 rings (SSSR count). The van der Waals surface area contributed by atoms with Crippen LogP contribution in [0.5, 0.6) is 0 Å². The highest BCUT2D eigenvalue weighted by molar-refractivity contribution is 8.26. The van der Waals surface area contributed by atoms with Crippen LogP contribution in [0.1, 0.15) is 37.7 Å². The quantitative estimate of drug-likeness (QED) is 0.564. The summed E-state index contributed by atoms with van der Waals surface area (Å²) in [6.45, 7) is 1.01. The third-order valence-electron chi connectivity index (χ3n) is 5.00. The number of carbonyl (C=O) groups is 2. The summed E-state index contributed by atoms with van der Waals surface area (Å²) >= 11 is 6.51. The number of piperidine rings is 1. The van der Waals surface area contributed by atoms with Gasteiger partial charge in [0.15, 0.2) is 0 Å². The number of halogens is 1. The Morgan fingerprint density at radius 3 is 2.79 bits per heavy atom. The molecule has 1 aromatic carbocycles. The average Bonchev–Trinajstić information content (AvgIpc) is 2.95. The molecule has 2 amide bonds. The molecule has 0 bridgehead atoms. The van der Waals surface area contributed by atoms with E-state index in [0.717, 1.165) is 24.8 Å². The number of amides is 2. The molecule has 150 valence electrons. The Morgan fingerprint density at radius 1 is 1.32 bits per heavy atom. The smallest absolute Gasteiger partial charge is 0.266 e. The van der Waals surface area contributed by atoms with Gasteiger partial charge in [0.25, 0.3) is 5.91 Å². The molecule has 2 saturated heterocycles. The first-order valence-electron chi connectivity index (χ1n) is 9.41. The van der Waals surface area contributed by atoms with Gasteiger partial charge in [-0.1, -0.05) is 36.1 Å². The fraction of sp³-hybridized carbons (Fsp3) is 0.450. The Labute approximate surface area is 173 Å². The van der Waals surface area contributed by atoms with Crippen molar-refractivity contribution in [3.8, 4) is 0 Å². The lowest BCUT2D eigenvalue weighted by Gasteiger charge is -2.36. The number of thiocarbonyl (C=S) groups is 1. The van der Waals surface area contributed by atoms with E-state index < -0.39 is 0 Å². The van der Waals surface area contributed by atoms with Crippen LogP contribution in [0.2, 0.25) is 0 Å². The number of aliphatic hydroxyl groups excluding tert-OH is 1. The van der Waals surface area contributed by atoms with Crippen molar-refractivity contribution in [2.45, 2.75) is 38.1 Å². The van der Waals surface area contributed by atoms with Crippen LogP contribution in [0.4, 0.5) is 4.39 Å². The first-order valence-corrected chi connectivity index (χ1v) is 10.6.